The van der Waals surface area contributed by atoms with E-state index in [1.807, 2.05) is 12.1 Å². The Morgan fingerprint density at radius 3 is 2.54 bits per heavy atom. The van der Waals surface area contributed by atoms with E-state index in [1.165, 1.54) is 12.8 Å². The molecule has 2 atom stereocenters. The Balaban J connectivity index is 0.00000338. The van der Waals surface area contributed by atoms with E-state index in [9.17, 15) is 4.79 Å². The molecule has 148 valence electrons. The van der Waals surface area contributed by atoms with E-state index in [1.54, 1.807) is 21.3 Å². The number of carbonyl (C=O) groups excluding carboxylic acids is 1. The molecule has 1 heterocycles. The first kappa shape index (κ1) is 22.4. The molecular weight excluding hydrogens is 356 g/mol. The molecule has 0 aromatic heterocycles. The maximum absolute atomic E-state index is 12.3. The summed E-state index contributed by atoms with van der Waals surface area (Å²) >= 11 is 0. The van der Waals surface area contributed by atoms with Crippen molar-refractivity contribution < 1.29 is 19.0 Å². The first-order chi connectivity index (χ1) is 12.1. The lowest BCUT2D eigenvalue weighted by atomic mass is 9.85. The Morgan fingerprint density at radius 1 is 1.23 bits per heavy atom. The fraction of sp³-hybridized carbons (Fsp3) is 0.632. The molecule has 7 heteroatoms. The Kier molecular flexibility index (Phi) is 9.59. The van der Waals surface area contributed by atoms with Gasteiger partial charge in [-0.05, 0) is 49.9 Å². The zero-order chi connectivity index (χ0) is 18.2. The van der Waals surface area contributed by atoms with Gasteiger partial charge in [-0.3, -0.25) is 4.79 Å². The molecule has 1 amide bonds. The van der Waals surface area contributed by atoms with Crippen LogP contribution >= 0.6 is 12.4 Å². The molecule has 0 aliphatic carbocycles. The van der Waals surface area contributed by atoms with Crippen molar-refractivity contribution in [3.63, 3.8) is 0 Å². The summed E-state index contributed by atoms with van der Waals surface area (Å²) in [5, 5.41) is 6.41. The fourth-order valence-corrected chi connectivity index (χ4v) is 3.39. The monoisotopic (exact) mass is 386 g/mol. The number of piperidine rings is 1. The zero-order valence-corrected chi connectivity index (χ0v) is 16.9. The third kappa shape index (κ3) is 5.68. The smallest absolute Gasteiger partial charge is 0.220 e. The molecule has 6 nitrogen and oxygen atoms in total. The molecule has 0 bridgehead atoms. The topological polar surface area (TPSA) is 68.8 Å². The third-order valence-electron chi connectivity index (χ3n) is 4.91. The molecule has 2 N–H and O–H groups in total. The van der Waals surface area contributed by atoms with E-state index in [0.717, 1.165) is 18.7 Å². The predicted octanol–water partition coefficient (Wildman–Crippen LogP) is 2.78. The van der Waals surface area contributed by atoms with Crippen LogP contribution in [0.15, 0.2) is 12.1 Å². The van der Waals surface area contributed by atoms with Gasteiger partial charge in [-0.15, -0.1) is 12.4 Å². The van der Waals surface area contributed by atoms with Gasteiger partial charge in [-0.25, -0.2) is 0 Å². The molecule has 2 rings (SSSR count). The minimum Gasteiger partial charge on any atom is -0.493 e. The summed E-state index contributed by atoms with van der Waals surface area (Å²) < 4.78 is 16.1. The van der Waals surface area contributed by atoms with Gasteiger partial charge in [0.15, 0.2) is 11.5 Å². The van der Waals surface area contributed by atoms with Gasteiger partial charge in [0.1, 0.15) is 0 Å². The van der Waals surface area contributed by atoms with Crippen LogP contribution in [0.2, 0.25) is 0 Å². The first-order valence-corrected chi connectivity index (χ1v) is 8.86. The van der Waals surface area contributed by atoms with E-state index in [4.69, 9.17) is 14.2 Å². The molecule has 1 aromatic rings. The number of carbonyl (C=O) groups is 1. The number of methoxy groups -OCH3 is 3. The van der Waals surface area contributed by atoms with Crippen molar-refractivity contribution in [3.8, 4) is 17.2 Å². The standard InChI is InChI=1S/C19H30N2O4.ClH/c1-13(14-6-5-9-20-11-14)10-17(22)21-12-15-7-8-16(23-2)19(25-4)18(15)24-3;/h7-8,13-14,20H,5-6,9-12H2,1-4H3,(H,21,22);1H. The second-order valence-electron chi connectivity index (χ2n) is 6.56. The molecule has 1 aliphatic heterocycles. The Hall–Kier alpha value is -1.66. The van der Waals surface area contributed by atoms with Crippen LogP contribution in [0.3, 0.4) is 0 Å². The van der Waals surface area contributed by atoms with Gasteiger partial charge in [0.2, 0.25) is 11.7 Å². The van der Waals surface area contributed by atoms with E-state index in [2.05, 4.69) is 17.6 Å². The third-order valence-corrected chi connectivity index (χ3v) is 4.91. The molecule has 1 saturated heterocycles. The average molecular weight is 387 g/mol. The summed E-state index contributed by atoms with van der Waals surface area (Å²) in [4.78, 5) is 12.3. The van der Waals surface area contributed by atoms with Crippen molar-refractivity contribution in [1.29, 1.82) is 0 Å². The lowest BCUT2D eigenvalue weighted by molar-refractivity contribution is -0.122. The maximum atomic E-state index is 12.3. The fourth-order valence-electron chi connectivity index (χ4n) is 3.39. The second kappa shape index (κ2) is 11.1. The number of hydrogen-bond donors (Lipinski definition) is 2. The van der Waals surface area contributed by atoms with E-state index < -0.39 is 0 Å². The summed E-state index contributed by atoms with van der Waals surface area (Å²) in [6, 6.07) is 3.70. The molecule has 0 radical (unpaired) electrons. The van der Waals surface area contributed by atoms with Crippen molar-refractivity contribution in [3.05, 3.63) is 17.7 Å². The van der Waals surface area contributed by atoms with Crippen LogP contribution in [-0.2, 0) is 11.3 Å². The summed E-state index contributed by atoms with van der Waals surface area (Å²) in [6.07, 6.45) is 2.94. The first-order valence-electron chi connectivity index (χ1n) is 8.86. The van der Waals surface area contributed by atoms with Crippen LogP contribution in [0, 0.1) is 11.8 Å². The number of nitrogens with one attached hydrogen (secondary N) is 2. The molecular formula is C19H31ClN2O4. The highest BCUT2D eigenvalue weighted by Crippen LogP contribution is 2.39. The van der Waals surface area contributed by atoms with Crippen LogP contribution in [0.4, 0.5) is 0 Å². The van der Waals surface area contributed by atoms with Crippen molar-refractivity contribution >= 4 is 18.3 Å². The average Bonchev–Trinajstić information content (AvgIpc) is 2.65. The van der Waals surface area contributed by atoms with Gasteiger partial charge in [-0.1, -0.05) is 6.92 Å². The van der Waals surface area contributed by atoms with Crippen LogP contribution in [0.25, 0.3) is 0 Å². The van der Waals surface area contributed by atoms with Crippen LogP contribution < -0.4 is 24.8 Å². The van der Waals surface area contributed by atoms with E-state index in [0.29, 0.717) is 42.0 Å². The SMILES string of the molecule is COc1ccc(CNC(=O)CC(C)C2CCCNC2)c(OC)c1OC.Cl. The number of halogens is 1. The lowest BCUT2D eigenvalue weighted by Crippen LogP contribution is -2.35. The molecule has 2 unspecified atom stereocenters. The number of amides is 1. The Labute approximate surface area is 162 Å². The summed E-state index contributed by atoms with van der Waals surface area (Å²) in [6.45, 7) is 4.67. The van der Waals surface area contributed by atoms with Gasteiger partial charge >= 0.3 is 0 Å². The van der Waals surface area contributed by atoms with Crippen molar-refractivity contribution in [2.75, 3.05) is 34.4 Å². The van der Waals surface area contributed by atoms with E-state index >= 15 is 0 Å². The van der Waals surface area contributed by atoms with Crippen molar-refractivity contribution in [2.45, 2.75) is 32.7 Å². The van der Waals surface area contributed by atoms with Gasteiger partial charge in [0.05, 0.1) is 21.3 Å². The molecule has 1 fully saturated rings. The second-order valence-corrected chi connectivity index (χ2v) is 6.56. The molecule has 26 heavy (non-hydrogen) atoms. The molecule has 0 saturated carbocycles. The van der Waals surface area contributed by atoms with Crippen molar-refractivity contribution in [1.82, 2.24) is 10.6 Å². The van der Waals surface area contributed by atoms with Gasteiger partial charge in [0, 0.05) is 18.5 Å². The number of ether oxygens (including phenoxy) is 3. The normalized spacial score (nSPS) is 17.6. The quantitative estimate of drug-likeness (QED) is 0.719. The van der Waals surface area contributed by atoms with Gasteiger partial charge in [0.25, 0.3) is 0 Å². The minimum atomic E-state index is 0. The van der Waals surface area contributed by atoms with Crippen molar-refractivity contribution in [2.24, 2.45) is 11.8 Å². The number of hydrogen-bond acceptors (Lipinski definition) is 5. The van der Waals surface area contributed by atoms with Gasteiger partial charge < -0.3 is 24.8 Å². The van der Waals surface area contributed by atoms with E-state index in [-0.39, 0.29) is 18.3 Å². The lowest BCUT2D eigenvalue weighted by Gasteiger charge is -2.28. The summed E-state index contributed by atoms with van der Waals surface area (Å²) in [5.74, 6) is 2.75. The molecule has 1 aromatic carbocycles. The molecule has 0 spiro atoms. The minimum absolute atomic E-state index is 0. The number of benzene rings is 1. The zero-order valence-electron chi connectivity index (χ0n) is 16.1. The van der Waals surface area contributed by atoms with Gasteiger partial charge in [-0.2, -0.15) is 0 Å². The number of rotatable bonds is 8. The van der Waals surface area contributed by atoms with Crippen LogP contribution in [-0.4, -0.2) is 40.3 Å². The predicted molar refractivity (Wildman–Crippen MR) is 105 cm³/mol. The molecule has 1 aliphatic rings. The highest BCUT2D eigenvalue weighted by molar-refractivity contribution is 5.85. The Morgan fingerprint density at radius 2 is 1.96 bits per heavy atom. The summed E-state index contributed by atoms with van der Waals surface area (Å²) in [5.41, 5.74) is 0.862. The summed E-state index contributed by atoms with van der Waals surface area (Å²) in [7, 11) is 4.74. The highest BCUT2D eigenvalue weighted by Gasteiger charge is 2.22. The van der Waals surface area contributed by atoms with Crippen LogP contribution in [0.1, 0.15) is 31.7 Å². The maximum Gasteiger partial charge on any atom is 0.220 e. The largest absolute Gasteiger partial charge is 0.493 e. The highest BCUT2D eigenvalue weighted by atomic mass is 35.5. The van der Waals surface area contributed by atoms with Crippen LogP contribution in [0.5, 0.6) is 17.2 Å². The Bertz CT molecular complexity index is 577.